The summed E-state index contributed by atoms with van der Waals surface area (Å²) in [5.41, 5.74) is 0. The normalized spacial score (nSPS) is 13.9. The van der Waals surface area contributed by atoms with E-state index in [1.54, 1.807) is 6.92 Å². The fraction of sp³-hybridized carbons (Fsp3) is 0.556. The van der Waals surface area contributed by atoms with Gasteiger partial charge in [-0.3, -0.25) is 0 Å². The lowest BCUT2D eigenvalue weighted by Gasteiger charge is -2.12. The quantitative estimate of drug-likeness (QED) is 0.804. The van der Waals surface area contributed by atoms with E-state index in [1.165, 1.54) is 6.07 Å². The summed E-state index contributed by atoms with van der Waals surface area (Å²) in [7, 11) is -3.60. The number of nitrogens with one attached hydrogen (secondary N) is 1. The average molecular weight is 337 g/mol. The van der Waals surface area contributed by atoms with E-state index in [1.807, 2.05) is 0 Å². The molecule has 1 heterocycles. The Labute approximate surface area is 120 Å². The molecule has 1 unspecified atom stereocenters. The van der Waals surface area contributed by atoms with Gasteiger partial charge in [-0.15, -0.1) is 22.9 Å². The molecule has 0 saturated heterocycles. The minimum absolute atomic E-state index is 0.0342. The second-order valence-electron chi connectivity index (χ2n) is 3.54. The molecule has 1 atom stereocenters. The minimum atomic E-state index is -3.60. The SMILES string of the molecule is CC(CCCCl)NS(=O)(=O)c1cc(Cl)sc1Cl. The van der Waals surface area contributed by atoms with Crippen molar-refractivity contribution in [1.29, 1.82) is 0 Å². The molecule has 1 aromatic heterocycles. The van der Waals surface area contributed by atoms with E-state index in [9.17, 15) is 8.42 Å². The highest BCUT2D eigenvalue weighted by molar-refractivity contribution is 7.89. The third-order valence-corrected chi connectivity index (χ3v) is 5.65. The lowest BCUT2D eigenvalue weighted by atomic mass is 10.2. The van der Waals surface area contributed by atoms with Crippen LogP contribution >= 0.6 is 46.1 Å². The molecule has 0 aliphatic rings. The lowest BCUT2D eigenvalue weighted by molar-refractivity contribution is 0.545. The van der Waals surface area contributed by atoms with E-state index in [-0.39, 0.29) is 15.3 Å². The van der Waals surface area contributed by atoms with Crippen LogP contribution in [0.2, 0.25) is 8.67 Å². The van der Waals surface area contributed by atoms with Gasteiger partial charge in [-0.05, 0) is 25.8 Å². The Bertz CT molecular complexity index is 473. The summed E-state index contributed by atoms with van der Waals surface area (Å²) in [6.45, 7) is 1.78. The van der Waals surface area contributed by atoms with Gasteiger partial charge in [-0.1, -0.05) is 23.2 Å². The predicted molar refractivity (Wildman–Crippen MR) is 74.1 cm³/mol. The van der Waals surface area contributed by atoms with E-state index in [0.717, 1.165) is 17.8 Å². The van der Waals surface area contributed by atoms with E-state index in [4.69, 9.17) is 34.8 Å². The Balaban J connectivity index is 2.79. The van der Waals surface area contributed by atoms with Gasteiger partial charge in [0.25, 0.3) is 0 Å². The van der Waals surface area contributed by atoms with Crippen LogP contribution < -0.4 is 4.72 Å². The zero-order valence-electron chi connectivity index (χ0n) is 9.04. The molecule has 1 N–H and O–H groups in total. The van der Waals surface area contributed by atoms with Crippen molar-refractivity contribution in [2.24, 2.45) is 0 Å². The first-order valence-corrected chi connectivity index (χ1v) is 8.49. The van der Waals surface area contributed by atoms with Crippen LogP contribution in [0, 0.1) is 0 Å². The zero-order chi connectivity index (χ0) is 13.1. The zero-order valence-corrected chi connectivity index (χ0v) is 12.9. The summed E-state index contributed by atoms with van der Waals surface area (Å²) >= 11 is 18.1. The molecule has 1 aromatic rings. The molecule has 0 aromatic carbocycles. The highest BCUT2D eigenvalue weighted by atomic mass is 35.5. The molecule has 0 saturated carbocycles. The maximum Gasteiger partial charge on any atom is 0.243 e. The number of thiophene rings is 1. The largest absolute Gasteiger partial charge is 0.243 e. The maximum atomic E-state index is 12.0. The maximum absolute atomic E-state index is 12.0. The number of alkyl halides is 1. The number of hydrogen-bond acceptors (Lipinski definition) is 3. The van der Waals surface area contributed by atoms with Gasteiger partial charge < -0.3 is 0 Å². The first-order chi connectivity index (χ1) is 7.86. The summed E-state index contributed by atoms with van der Waals surface area (Å²) in [6.07, 6.45) is 1.43. The fourth-order valence-electron chi connectivity index (χ4n) is 1.28. The second-order valence-corrected chi connectivity index (χ2v) is 7.89. The highest BCUT2D eigenvalue weighted by Gasteiger charge is 2.22. The first-order valence-electron chi connectivity index (χ1n) is 4.90. The van der Waals surface area contributed by atoms with Crippen LogP contribution in [-0.4, -0.2) is 20.3 Å². The third kappa shape index (κ3) is 4.58. The molecule has 0 radical (unpaired) electrons. The van der Waals surface area contributed by atoms with E-state index in [2.05, 4.69) is 4.72 Å². The molecule has 0 fully saturated rings. The summed E-state index contributed by atoms with van der Waals surface area (Å²) in [6, 6.07) is 1.17. The van der Waals surface area contributed by atoms with Crippen molar-refractivity contribution in [2.75, 3.05) is 5.88 Å². The molecule has 8 heteroatoms. The van der Waals surface area contributed by atoms with E-state index in [0.29, 0.717) is 16.6 Å². The summed E-state index contributed by atoms with van der Waals surface area (Å²) < 4.78 is 27.0. The van der Waals surface area contributed by atoms with Gasteiger partial charge >= 0.3 is 0 Å². The molecule has 1 rings (SSSR count). The van der Waals surface area contributed by atoms with Crippen molar-refractivity contribution >= 4 is 56.2 Å². The van der Waals surface area contributed by atoms with Gasteiger partial charge in [-0.2, -0.15) is 0 Å². The first kappa shape index (κ1) is 15.5. The Morgan fingerprint density at radius 2 is 2.12 bits per heavy atom. The lowest BCUT2D eigenvalue weighted by Crippen LogP contribution is -2.32. The van der Waals surface area contributed by atoms with Gasteiger partial charge in [0.1, 0.15) is 9.23 Å². The molecule has 0 spiro atoms. The molecular formula is C9H12Cl3NO2S2. The molecule has 0 aliphatic heterocycles. The minimum Gasteiger partial charge on any atom is -0.208 e. The number of halogens is 3. The van der Waals surface area contributed by atoms with Gasteiger partial charge in [0, 0.05) is 11.9 Å². The monoisotopic (exact) mass is 335 g/mol. The van der Waals surface area contributed by atoms with Crippen LogP contribution in [-0.2, 0) is 10.0 Å². The van der Waals surface area contributed by atoms with E-state index >= 15 is 0 Å². The predicted octanol–water partition coefficient (Wildman–Crippen LogP) is 3.74. The molecule has 0 bridgehead atoms. The van der Waals surface area contributed by atoms with Crippen molar-refractivity contribution in [1.82, 2.24) is 4.72 Å². The molecule has 3 nitrogen and oxygen atoms in total. The average Bonchev–Trinajstić information content (AvgIpc) is 2.55. The molecule has 17 heavy (non-hydrogen) atoms. The Hall–Kier alpha value is 0.480. The smallest absolute Gasteiger partial charge is 0.208 e. The van der Waals surface area contributed by atoms with Crippen LogP contribution in [0.5, 0.6) is 0 Å². The molecular weight excluding hydrogens is 325 g/mol. The van der Waals surface area contributed by atoms with Crippen molar-refractivity contribution in [3.63, 3.8) is 0 Å². The van der Waals surface area contributed by atoms with Crippen LogP contribution in [0.1, 0.15) is 19.8 Å². The Morgan fingerprint density at radius 3 is 2.59 bits per heavy atom. The van der Waals surface area contributed by atoms with Crippen molar-refractivity contribution in [3.8, 4) is 0 Å². The van der Waals surface area contributed by atoms with Crippen molar-refractivity contribution in [2.45, 2.75) is 30.7 Å². The number of rotatable bonds is 6. The second kappa shape index (κ2) is 6.59. The van der Waals surface area contributed by atoms with Crippen molar-refractivity contribution < 1.29 is 8.42 Å². The van der Waals surface area contributed by atoms with Gasteiger partial charge in [0.15, 0.2) is 0 Å². The third-order valence-electron chi connectivity index (χ3n) is 2.04. The Morgan fingerprint density at radius 1 is 1.47 bits per heavy atom. The van der Waals surface area contributed by atoms with Crippen LogP contribution in [0.15, 0.2) is 11.0 Å². The van der Waals surface area contributed by atoms with E-state index < -0.39 is 10.0 Å². The molecule has 0 amide bonds. The van der Waals surface area contributed by atoms with Crippen LogP contribution in [0.3, 0.4) is 0 Å². The van der Waals surface area contributed by atoms with Crippen molar-refractivity contribution in [3.05, 3.63) is 14.7 Å². The van der Waals surface area contributed by atoms with Gasteiger partial charge in [0.2, 0.25) is 10.0 Å². The summed E-state index contributed by atoms with van der Waals surface area (Å²) in [5.74, 6) is 0.511. The van der Waals surface area contributed by atoms with Gasteiger partial charge in [0.05, 0.1) is 4.34 Å². The van der Waals surface area contributed by atoms with Gasteiger partial charge in [-0.25, -0.2) is 13.1 Å². The highest BCUT2D eigenvalue weighted by Crippen LogP contribution is 2.34. The Kier molecular flexibility index (Phi) is 6.02. The summed E-state index contributed by atoms with van der Waals surface area (Å²) in [5, 5.41) is 0. The standard InChI is InChI=1S/C9H12Cl3NO2S2/c1-6(3-2-4-10)13-17(14,15)7-5-8(11)16-9(7)12/h5-6,13H,2-4H2,1H3. The fourth-order valence-corrected chi connectivity index (χ4v) is 4.86. The van der Waals surface area contributed by atoms with Crippen LogP contribution in [0.4, 0.5) is 0 Å². The molecule has 98 valence electrons. The molecule has 0 aliphatic carbocycles. The van der Waals surface area contributed by atoms with Crippen LogP contribution in [0.25, 0.3) is 0 Å². The topological polar surface area (TPSA) is 46.2 Å². The number of hydrogen-bond donors (Lipinski definition) is 1. The number of sulfonamides is 1. The summed E-state index contributed by atoms with van der Waals surface area (Å²) in [4.78, 5) is 0.0342.